The van der Waals surface area contributed by atoms with Crippen molar-refractivity contribution in [3.8, 4) is 28.1 Å². The lowest BCUT2D eigenvalue weighted by molar-refractivity contribution is 0.102. The van der Waals surface area contributed by atoms with Crippen molar-refractivity contribution in [3.63, 3.8) is 0 Å². The minimum atomic E-state index is -0.182. The first-order chi connectivity index (χ1) is 14.2. The molecule has 4 aromatic rings. The van der Waals surface area contributed by atoms with Gasteiger partial charge >= 0.3 is 0 Å². The van der Waals surface area contributed by atoms with Crippen LogP contribution >= 0.6 is 11.3 Å². The molecule has 142 valence electrons. The molecular weight excluding hydrogens is 380 g/mol. The van der Waals surface area contributed by atoms with Gasteiger partial charge in [-0.25, -0.2) is 4.98 Å². The van der Waals surface area contributed by atoms with Gasteiger partial charge in [0, 0.05) is 16.5 Å². The van der Waals surface area contributed by atoms with Gasteiger partial charge < -0.3 is 4.74 Å². The molecular formula is C24H18N2O2S. The van der Waals surface area contributed by atoms with Gasteiger partial charge in [-0.1, -0.05) is 36.4 Å². The second kappa shape index (κ2) is 7.18. The van der Waals surface area contributed by atoms with E-state index < -0.39 is 0 Å². The van der Waals surface area contributed by atoms with Crippen molar-refractivity contribution in [3.05, 3.63) is 88.8 Å². The molecule has 3 aromatic carbocycles. The molecule has 1 heterocycles. The van der Waals surface area contributed by atoms with Crippen LogP contribution in [0.4, 0.5) is 5.13 Å². The number of benzene rings is 3. The fourth-order valence-corrected chi connectivity index (χ4v) is 4.39. The summed E-state index contributed by atoms with van der Waals surface area (Å²) in [5, 5.41) is 5.45. The van der Waals surface area contributed by atoms with Crippen LogP contribution in [0.15, 0.2) is 72.1 Å². The molecule has 1 aromatic heterocycles. The SMILES string of the molecule is COc1ccc(C(=O)Nc2nc(-c3ccc4c(c3)Cc3ccccc3-4)cs2)cc1. The number of nitrogens with zero attached hydrogens (tertiary/aromatic N) is 1. The zero-order valence-corrected chi connectivity index (χ0v) is 16.6. The molecule has 0 bridgehead atoms. The number of hydrogen-bond acceptors (Lipinski definition) is 4. The molecule has 0 aliphatic heterocycles. The van der Waals surface area contributed by atoms with Crippen molar-refractivity contribution >= 4 is 22.4 Å². The first-order valence-electron chi connectivity index (χ1n) is 9.34. The topological polar surface area (TPSA) is 51.2 Å². The van der Waals surface area contributed by atoms with Crippen molar-refractivity contribution in [2.75, 3.05) is 12.4 Å². The molecule has 0 saturated heterocycles. The van der Waals surface area contributed by atoms with E-state index in [1.807, 2.05) is 5.38 Å². The summed E-state index contributed by atoms with van der Waals surface area (Å²) in [6.07, 6.45) is 0.949. The van der Waals surface area contributed by atoms with Crippen LogP contribution in [0.2, 0.25) is 0 Å². The van der Waals surface area contributed by atoms with E-state index in [1.54, 1.807) is 31.4 Å². The number of ether oxygens (including phenoxy) is 1. The summed E-state index contributed by atoms with van der Waals surface area (Å²) >= 11 is 1.43. The van der Waals surface area contributed by atoms with Crippen molar-refractivity contribution in [2.24, 2.45) is 0 Å². The second-order valence-corrected chi connectivity index (χ2v) is 7.78. The van der Waals surface area contributed by atoms with Gasteiger partial charge in [0.1, 0.15) is 5.75 Å². The lowest BCUT2D eigenvalue weighted by Crippen LogP contribution is -2.11. The largest absolute Gasteiger partial charge is 0.497 e. The third-order valence-corrected chi connectivity index (χ3v) is 5.92. The molecule has 1 N–H and O–H groups in total. The standard InChI is InChI=1S/C24H18N2O2S/c1-28-19-9-6-15(7-10-19)23(27)26-24-25-22(14-29-24)17-8-11-21-18(13-17)12-16-4-2-3-5-20(16)21/h2-11,13-14H,12H2,1H3,(H,25,26,27). The zero-order chi connectivity index (χ0) is 19.8. The number of thiazole rings is 1. The summed E-state index contributed by atoms with van der Waals surface area (Å²) in [4.78, 5) is 17.1. The van der Waals surface area contributed by atoms with E-state index in [-0.39, 0.29) is 5.91 Å². The van der Waals surface area contributed by atoms with Crippen molar-refractivity contribution in [2.45, 2.75) is 6.42 Å². The van der Waals surface area contributed by atoms with Crippen LogP contribution in [0.1, 0.15) is 21.5 Å². The van der Waals surface area contributed by atoms with Crippen LogP contribution in [0, 0.1) is 0 Å². The Bertz CT molecular complexity index is 1210. The van der Waals surface area contributed by atoms with Crippen molar-refractivity contribution in [1.29, 1.82) is 0 Å². The van der Waals surface area contributed by atoms with Crippen LogP contribution in [-0.2, 0) is 6.42 Å². The Balaban J connectivity index is 1.35. The molecule has 1 amide bonds. The number of carbonyl (C=O) groups is 1. The Morgan fingerprint density at radius 3 is 2.62 bits per heavy atom. The molecule has 4 nitrogen and oxygen atoms in total. The molecule has 0 unspecified atom stereocenters. The number of amides is 1. The highest BCUT2D eigenvalue weighted by Gasteiger charge is 2.19. The molecule has 0 atom stereocenters. The van der Waals surface area contributed by atoms with Crippen LogP contribution < -0.4 is 10.1 Å². The van der Waals surface area contributed by atoms with E-state index in [2.05, 4.69) is 52.8 Å². The predicted molar refractivity (Wildman–Crippen MR) is 117 cm³/mol. The average Bonchev–Trinajstić information content (AvgIpc) is 3.37. The summed E-state index contributed by atoms with van der Waals surface area (Å²) < 4.78 is 5.13. The number of fused-ring (bicyclic) bond motifs is 3. The van der Waals surface area contributed by atoms with Crippen molar-refractivity contribution in [1.82, 2.24) is 4.98 Å². The highest BCUT2D eigenvalue weighted by molar-refractivity contribution is 7.14. The molecule has 0 spiro atoms. The fraction of sp³-hybridized carbons (Fsp3) is 0.0833. The van der Waals surface area contributed by atoms with E-state index in [0.29, 0.717) is 10.7 Å². The summed E-state index contributed by atoms with van der Waals surface area (Å²) in [5.74, 6) is 0.537. The Kier molecular flexibility index (Phi) is 4.37. The monoisotopic (exact) mass is 398 g/mol. The second-order valence-electron chi connectivity index (χ2n) is 6.93. The molecule has 1 aliphatic carbocycles. The van der Waals surface area contributed by atoms with Gasteiger partial charge in [-0.15, -0.1) is 11.3 Å². The minimum absolute atomic E-state index is 0.182. The number of anilines is 1. The normalized spacial score (nSPS) is 11.6. The average molecular weight is 398 g/mol. The Labute approximate surface area is 172 Å². The molecule has 0 saturated carbocycles. The smallest absolute Gasteiger partial charge is 0.257 e. The molecule has 5 heteroatoms. The van der Waals surface area contributed by atoms with Gasteiger partial charge in [-0.2, -0.15) is 0 Å². The van der Waals surface area contributed by atoms with Gasteiger partial charge in [-0.3, -0.25) is 10.1 Å². The van der Waals surface area contributed by atoms with E-state index >= 15 is 0 Å². The van der Waals surface area contributed by atoms with Gasteiger partial charge in [-0.05, 0) is 59.0 Å². The first-order valence-corrected chi connectivity index (χ1v) is 10.2. The number of hydrogen-bond donors (Lipinski definition) is 1. The van der Waals surface area contributed by atoms with E-state index in [0.717, 1.165) is 23.4 Å². The van der Waals surface area contributed by atoms with Gasteiger partial charge in [0.05, 0.1) is 12.8 Å². The van der Waals surface area contributed by atoms with E-state index in [1.165, 1.54) is 33.6 Å². The number of carbonyl (C=O) groups excluding carboxylic acids is 1. The number of methoxy groups -OCH3 is 1. The first kappa shape index (κ1) is 17.6. The summed E-state index contributed by atoms with van der Waals surface area (Å²) in [6, 6.07) is 22.0. The summed E-state index contributed by atoms with van der Waals surface area (Å²) in [5.41, 5.74) is 7.81. The fourth-order valence-electron chi connectivity index (χ4n) is 3.68. The molecule has 1 aliphatic rings. The highest BCUT2D eigenvalue weighted by atomic mass is 32.1. The van der Waals surface area contributed by atoms with Gasteiger partial charge in [0.25, 0.3) is 5.91 Å². The molecule has 0 radical (unpaired) electrons. The highest BCUT2D eigenvalue weighted by Crippen LogP contribution is 2.38. The van der Waals surface area contributed by atoms with Crippen LogP contribution in [-0.4, -0.2) is 18.0 Å². The lowest BCUT2D eigenvalue weighted by Gasteiger charge is -2.04. The van der Waals surface area contributed by atoms with Gasteiger partial charge in [0.15, 0.2) is 5.13 Å². The predicted octanol–water partition coefficient (Wildman–Crippen LogP) is 5.64. The third-order valence-electron chi connectivity index (χ3n) is 5.17. The maximum atomic E-state index is 12.5. The molecule has 29 heavy (non-hydrogen) atoms. The number of nitrogens with one attached hydrogen (secondary N) is 1. The van der Waals surface area contributed by atoms with Crippen LogP contribution in [0.25, 0.3) is 22.4 Å². The van der Waals surface area contributed by atoms with Crippen molar-refractivity contribution < 1.29 is 9.53 Å². The lowest BCUT2D eigenvalue weighted by atomic mass is 10.0. The zero-order valence-electron chi connectivity index (χ0n) is 15.8. The summed E-state index contributed by atoms with van der Waals surface area (Å²) in [6.45, 7) is 0. The van der Waals surface area contributed by atoms with Crippen LogP contribution in [0.3, 0.4) is 0 Å². The van der Waals surface area contributed by atoms with E-state index in [4.69, 9.17) is 4.74 Å². The van der Waals surface area contributed by atoms with Crippen LogP contribution in [0.5, 0.6) is 5.75 Å². The Hall–Kier alpha value is -3.44. The maximum absolute atomic E-state index is 12.5. The van der Waals surface area contributed by atoms with Gasteiger partial charge in [0.2, 0.25) is 0 Å². The molecule has 5 rings (SSSR count). The molecule has 0 fully saturated rings. The summed E-state index contributed by atoms with van der Waals surface area (Å²) in [7, 11) is 1.60. The minimum Gasteiger partial charge on any atom is -0.497 e. The Morgan fingerprint density at radius 1 is 1.00 bits per heavy atom. The number of aromatic nitrogens is 1. The van der Waals surface area contributed by atoms with E-state index in [9.17, 15) is 4.79 Å². The maximum Gasteiger partial charge on any atom is 0.257 e. The third kappa shape index (κ3) is 3.30. The Morgan fingerprint density at radius 2 is 1.79 bits per heavy atom. The number of rotatable bonds is 4. The quantitative estimate of drug-likeness (QED) is 0.426.